The van der Waals surface area contributed by atoms with Gasteiger partial charge in [0.15, 0.2) is 0 Å². The fraction of sp³-hybridized carbons (Fsp3) is 0.0741. The molecule has 0 saturated carbocycles. The summed E-state index contributed by atoms with van der Waals surface area (Å²) in [5, 5.41) is 25.2. The van der Waals surface area contributed by atoms with Crippen molar-refractivity contribution in [2.24, 2.45) is 7.05 Å². The molecule has 0 spiro atoms. The SMILES string of the molecule is Cn1ccc2ccc(/C=C(/NC(=O)c3ccc(C(=O)NCc4cccc(O)c4)cc3Cl)C(=O)O)cc21. The van der Waals surface area contributed by atoms with Gasteiger partial charge in [-0.05, 0) is 65.1 Å². The zero-order chi connectivity index (χ0) is 25.8. The Morgan fingerprint density at radius 3 is 2.53 bits per heavy atom. The average Bonchev–Trinajstić information content (AvgIpc) is 3.22. The number of aromatic nitrogens is 1. The van der Waals surface area contributed by atoms with E-state index < -0.39 is 17.8 Å². The number of benzene rings is 3. The Hall–Kier alpha value is -4.56. The summed E-state index contributed by atoms with van der Waals surface area (Å²) in [5.74, 6) is -2.36. The van der Waals surface area contributed by atoms with Gasteiger partial charge in [-0.1, -0.05) is 35.9 Å². The van der Waals surface area contributed by atoms with Crippen LogP contribution < -0.4 is 10.6 Å². The minimum absolute atomic E-state index is 0.00697. The Morgan fingerprint density at radius 2 is 1.81 bits per heavy atom. The lowest BCUT2D eigenvalue weighted by Crippen LogP contribution is -2.28. The second kappa shape index (κ2) is 10.4. The van der Waals surface area contributed by atoms with Gasteiger partial charge in [-0.25, -0.2) is 4.79 Å². The van der Waals surface area contributed by atoms with Crippen molar-refractivity contribution >= 4 is 46.4 Å². The molecule has 0 aliphatic heterocycles. The van der Waals surface area contributed by atoms with E-state index in [1.165, 1.54) is 36.4 Å². The molecule has 0 bridgehead atoms. The van der Waals surface area contributed by atoms with E-state index in [4.69, 9.17) is 11.6 Å². The molecule has 0 atom stereocenters. The predicted molar refractivity (Wildman–Crippen MR) is 137 cm³/mol. The molecule has 36 heavy (non-hydrogen) atoms. The highest BCUT2D eigenvalue weighted by atomic mass is 35.5. The molecule has 0 radical (unpaired) electrons. The van der Waals surface area contributed by atoms with Crippen molar-refractivity contribution in [3.63, 3.8) is 0 Å². The normalized spacial score (nSPS) is 11.3. The van der Waals surface area contributed by atoms with Crippen LogP contribution in [-0.2, 0) is 18.4 Å². The highest BCUT2D eigenvalue weighted by molar-refractivity contribution is 6.34. The first-order chi connectivity index (χ1) is 17.2. The van der Waals surface area contributed by atoms with Crippen LogP contribution in [0.3, 0.4) is 0 Å². The maximum atomic E-state index is 12.8. The third-order valence-electron chi connectivity index (χ3n) is 5.54. The van der Waals surface area contributed by atoms with Crippen molar-refractivity contribution < 1.29 is 24.6 Å². The minimum atomic E-state index is -1.31. The van der Waals surface area contributed by atoms with Gasteiger partial charge in [0.05, 0.1) is 10.6 Å². The summed E-state index contributed by atoms with van der Waals surface area (Å²) >= 11 is 6.26. The third-order valence-corrected chi connectivity index (χ3v) is 5.85. The first kappa shape index (κ1) is 24.6. The number of aromatic hydroxyl groups is 1. The lowest BCUT2D eigenvalue weighted by molar-refractivity contribution is -0.132. The molecule has 0 aliphatic carbocycles. The number of fused-ring (bicyclic) bond motifs is 1. The topological polar surface area (TPSA) is 121 Å². The molecule has 182 valence electrons. The van der Waals surface area contributed by atoms with Crippen LogP contribution in [0.4, 0.5) is 0 Å². The number of nitrogens with zero attached hydrogens (tertiary/aromatic N) is 1. The Balaban J connectivity index is 1.48. The van der Waals surface area contributed by atoms with Crippen molar-refractivity contribution in [3.8, 4) is 5.75 Å². The van der Waals surface area contributed by atoms with Crippen LogP contribution in [-0.4, -0.2) is 32.6 Å². The number of hydrogen-bond acceptors (Lipinski definition) is 4. The van der Waals surface area contributed by atoms with Crippen molar-refractivity contribution in [3.05, 3.63) is 106 Å². The van der Waals surface area contributed by atoms with Gasteiger partial charge in [-0.15, -0.1) is 0 Å². The zero-order valence-electron chi connectivity index (χ0n) is 19.2. The number of carboxylic acid groups (broad SMARTS) is 1. The van der Waals surface area contributed by atoms with Gasteiger partial charge < -0.3 is 25.4 Å². The molecule has 4 aromatic rings. The molecule has 8 nitrogen and oxygen atoms in total. The Morgan fingerprint density at radius 1 is 1.00 bits per heavy atom. The van der Waals surface area contributed by atoms with Gasteiger partial charge >= 0.3 is 5.97 Å². The number of amides is 2. The van der Waals surface area contributed by atoms with Crippen molar-refractivity contribution in [1.82, 2.24) is 15.2 Å². The van der Waals surface area contributed by atoms with Gasteiger partial charge in [0.2, 0.25) is 0 Å². The number of carbonyl (C=O) groups excluding carboxylic acids is 2. The molecule has 4 N–H and O–H groups in total. The number of nitrogens with one attached hydrogen (secondary N) is 2. The summed E-state index contributed by atoms with van der Waals surface area (Å²) in [7, 11) is 1.88. The van der Waals surface area contributed by atoms with E-state index in [1.807, 2.05) is 36.0 Å². The van der Waals surface area contributed by atoms with Crippen LogP contribution in [0.25, 0.3) is 17.0 Å². The number of phenols is 1. The molecule has 0 aliphatic rings. The highest BCUT2D eigenvalue weighted by Crippen LogP contribution is 2.21. The number of carbonyl (C=O) groups is 3. The monoisotopic (exact) mass is 503 g/mol. The van der Waals surface area contributed by atoms with Gasteiger partial charge in [-0.3, -0.25) is 9.59 Å². The summed E-state index contributed by atoms with van der Waals surface area (Å²) in [5.41, 5.74) is 2.16. The first-order valence-corrected chi connectivity index (χ1v) is 11.3. The fourth-order valence-electron chi connectivity index (χ4n) is 3.67. The third kappa shape index (κ3) is 5.56. The van der Waals surface area contributed by atoms with Crippen molar-refractivity contribution in [2.75, 3.05) is 0 Å². The standard InChI is InChI=1S/C27H22ClN3O5/c1-31-10-9-18-6-5-16(13-24(18)31)12-23(27(35)36)30-26(34)21-8-7-19(14-22(21)28)25(33)29-15-17-3-2-4-20(32)11-17/h2-14,32H,15H2,1H3,(H,29,33)(H,30,34)(H,35,36)/b23-12+. The predicted octanol–water partition coefficient (Wildman–Crippen LogP) is 4.32. The molecule has 2 amide bonds. The van der Waals surface area contributed by atoms with Crippen LogP contribution in [0, 0.1) is 0 Å². The fourth-order valence-corrected chi connectivity index (χ4v) is 3.93. The van der Waals surface area contributed by atoms with E-state index in [-0.39, 0.29) is 34.1 Å². The van der Waals surface area contributed by atoms with Gasteiger partial charge in [-0.2, -0.15) is 0 Å². The molecule has 0 unspecified atom stereocenters. The molecule has 9 heteroatoms. The number of rotatable bonds is 7. The number of halogens is 1. The minimum Gasteiger partial charge on any atom is -0.508 e. The second-order valence-electron chi connectivity index (χ2n) is 8.11. The summed E-state index contributed by atoms with van der Waals surface area (Å²) in [6.45, 7) is 0.189. The quantitative estimate of drug-likeness (QED) is 0.280. The van der Waals surface area contributed by atoms with E-state index in [1.54, 1.807) is 18.2 Å². The number of aliphatic carboxylic acids is 1. The van der Waals surface area contributed by atoms with Crippen LogP contribution in [0.1, 0.15) is 31.8 Å². The molecule has 0 saturated heterocycles. The van der Waals surface area contributed by atoms with Gasteiger partial charge in [0, 0.05) is 30.9 Å². The molecule has 3 aromatic carbocycles. The van der Waals surface area contributed by atoms with Crippen molar-refractivity contribution in [2.45, 2.75) is 6.54 Å². The number of hydrogen-bond donors (Lipinski definition) is 4. The van der Waals surface area contributed by atoms with Crippen molar-refractivity contribution in [1.29, 1.82) is 0 Å². The summed E-state index contributed by atoms with van der Waals surface area (Å²) in [6, 6.07) is 18.0. The number of carboxylic acids is 1. The number of aryl methyl sites for hydroxylation is 1. The van der Waals surface area contributed by atoms with Crippen LogP contribution >= 0.6 is 11.6 Å². The Bertz CT molecular complexity index is 1520. The molecule has 0 fully saturated rings. The molecule has 4 rings (SSSR count). The van der Waals surface area contributed by atoms with Gasteiger partial charge in [0.25, 0.3) is 11.8 Å². The van der Waals surface area contributed by atoms with E-state index in [0.717, 1.165) is 10.9 Å². The maximum absolute atomic E-state index is 12.8. The van der Waals surface area contributed by atoms with E-state index in [9.17, 15) is 24.6 Å². The molecule has 1 aromatic heterocycles. The van der Waals surface area contributed by atoms with E-state index in [0.29, 0.717) is 11.1 Å². The Kier molecular flexibility index (Phi) is 7.07. The second-order valence-corrected chi connectivity index (χ2v) is 8.52. The van der Waals surface area contributed by atoms with E-state index in [2.05, 4.69) is 10.6 Å². The highest BCUT2D eigenvalue weighted by Gasteiger charge is 2.18. The van der Waals surface area contributed by atoms with Crippen LogP contribution in [0.2, 0.25) is 5.02 Å². The smallest absolute Gasteiger partial charge is 0.352 e. The van der Waals surface area contributed by atoms with Crippen LogP contribution in [0.15, 0.2) is 78.6 Å². The lowest BCUT2D eigenvalue weighted by atomic mass is 10.1. The van der Waals surface area contributed by atoms with Gasteiger partial charge in [0.1, 0.15) is 11.4 Å². The first-order valence-electron chi connectivity index (χ1n) is 10.9. The number of phenolic OH excluding ortho intramolecular Hbond substituents is 1. The largest absolute Gasteiger partial charge is 0.508 e. The average molecular weight is 504 g/mol. The zero-order valence-corrected chi connectivity index (χ0v) is 19.9. The molecular formula is C27H22ClN3O5. The van der Waals surface area contributed by atoms with Crippen LogP contribution in [0.5, 0.6) is 5.75 Å². The molecular weight excluding hydrogens is 482 g/mol. The lowest BCUT2D eigenvalue weighted by Gasteiger charge is -2.10. The maximum Gasteiger partial charge on any atom is 0.352 e. The van der Waals surface area contributed by atoms with E-state index >= 15 is 0 Å². The molecule has 1 heterocycles. The Labute approximate surface area is 211 Å². The summed E-state index contributed by atoms with van der Waals surface area (Å²) in [6.07, 6.45) is 3.26. The summed E-state index contributed by atoms with van der Waals surface area (Å²) < 4.78 is 1.91. The summed E-state index contributed by atoms with van der Waals surface area (Å²) in [4.78, 5) is 37.1.